The lowest BCUT2D eigenvalue weighted by Crippen LogP contribution is -2.66. The molecular weight excluding hydrogens is 472 g/mol. The molecule has 4 nitrogen and oxygen atoms in total. The number of hydrogen-bond donors (Lipinski definition) is 0. The first kappa shape index (κ1) is 22.4. The lowest BCUT2D eigenvalue weighted by molar-refractivity contribution is -0.466. The number of rotatable bonds is 2. The molecular formula is C34H28O4. The van der Waals surface area contributed by atoms with E-state index in [0.717, 1.165) is 39.0 Å². The maximum Gasteiger partial charge on any atom is 0.193 e. The minimum absolute atomic E-state index is 0.0203. The Kier molecular flexibility index (Phi) is 4.17. The molecule has 0 radical (unpaired) electrons. The largest absolute Gasteiger partial charge is 0.289 e. The Balaban J connectivity index is 1.50. The fourth-order valence-electron chi connectivity index (χ4n) is 7.74. The summed E-state index contributed by atoms with van der Waals surface area (Å²) in [5.74, 6) is 0.177. The van der Waals surface area contributed by atoms with Gasteiger partial charge in [0.1, 0.15) is 0 Å². The molecule has 1 fully saturated rings. The minimum Gasteiger partial charge on any atom is -0.289 e. The number of ketones is 2. The maximum atomic E-state index is 14.1. The van der Waals surface area contributed by atoms with Crippen LogP contribution >= 0.6 is 0 Å². The average molecular weight is 501 g/mol. The zero-order valence-corrected chi connectivity index (χ0v) is 21.9. The van der Waals surface area contributed by atoms with E-state index in [1.807, 2.05) is 48.6 Å². The molecule has 2 spiro atoms. The number of fused-ring (bicyclic) bond motifs is 3. The lowest BCUT2D eigenvalue weighted by atomic mass is 9.47. The Labute approximate surface area is 221 Å². The minimum atomic E-state index is -1.01. The van der Waals surface area contributed by atoms with Gasteiger partial charge in [-0.1, -0.05) is 88.4 Å². The van der Waals surface area contributed by atoms with E-state index < -0.39 is 11.2 Å². The number of hydrogen-bond acceptors (Lipinski definition) is 4. The van der Waals surface area contributed by atoms with Gasteiger partial charge in [0.05, 0.1) is 0 Å². The first-order chi connectivity index (χ1) is 18.3. The summed E-state index contributed by atoms with van der Waals surface area (Å²) in [6.07, 6.45) is 6.10. The topological polar surface area (TPSA) is 52.6 Å². The van der Waals surface area contributed by atoms with Crippen molar-refractivity contribution in [3.8, 4) is 0 Å². The van der Waals surface area contributed by atoms with Crippen molar-refractivity contribution in [3.63, 3.8) is 0 Å². The number of carbonyl (C=O) groups excluding carboxylic acids is 2. The molecule has 0 aromatic heterocycles. The van der Waals surface area contributed by atoms with Crippen LogP contribution in [0.3, 0.4) is 0 Å². The van der Waals surface area contributed by atoms with Crippen LogP contribution in [0.1, 0.15) is 99.2 Å². The first-order valence-electron chi connectivity index (χ1n) is 13.6. The second kappa shape index (κ2) is 7.07. The summed E-state index contributed by atoms with van der Waals surface area (Å²) in [6, 6.07) is 18.3. The van der Waals surface area contributed by atoms with Crippen LogP contribution in [0.15, 0.2) is 78.4 Å². The van der Waals surface area contributed by atoms with Gasteiger partial charge >= 0.3 is 0 Å². The van der Waals surface area contributed by atoms with Crippen molar-refractivity contribution >= 4 is 11.6 Å². The van der Waals surface area contributed by atoms with E-state index in [-0.39, 0.29) is 35.2 Å². The number of allylic oxidation sites excluding steroid dienone is 2. The molecule has 2 bridgehead atoms. The normalized spacial score (nSPS) is 29.2. The molecule has 0 saturated carbocycles. The molecule has 1 saturated heterocycles. The molecule has 4 aliphatic carbocycles. The van der Waals surface area contributed by atoms with Crippen LogP contribution < -0.4 is 0 Å². The van der Waals surface area contributed by atoms with Gasteiger partial charge in [0.15, 0.2) is 22.8 Å². The summed E-state index contributed by atoms with van der Waals surface area (Å²) < 4.78 is 0. The quantitative estimate of drug-likeness (QED) is 0.361. The molecule has 2 aliphatic heterocycles. The van der Waals surface area contributed by atoms with Crippen molar-refractivity contribution in [2.75, 3.05) is 0 Å². The molecule has 4 heteroatoms. The Morgan fingerprint density at radius 1 is 0.711 bits per heavy atom. The van der Waals surface area contributed by atoms with Gasteiger partial charge < -0.3 is 0 Å². The van der Waals surface area contributed by atoms with Crippen LogP contribution in [0.2, 0.25) is 0 Å². The van der Waals surface area contributed by atoms with E-state index >= 15 is 0 Å². The van der Waals surface area contributed by atoms with Crippen molar-refractivity contribution in [2.24, 2.45) is 11.8 Å². The molecule has 6 aliphatic rings. The molecule has 3 aromatic carbocycles. The zero-order chi connectivity index (χ0) is 26.1. The zero-order valence-electron chi connectivity index (χ0n) is 21.9. The Bertz CT molecular complexity index is 1690. The van der Waals surface area contributed by atoms with E-state index in [9.17, 15) is 9.59 Å². The predicted octanol–water partition coefficient (Wildman–Crippen LogP) is 6.87. The summed E-state index contributed by atoms with van der Waals surface area (Å²) in [5, 5.41) is 0. The van der Waals surface area contributed by atoms with Gasteiger partial charge in [0.2, 0.25) is 0 Å². The van der Waals surface area contributed by atoms with Gasteiger partial charge in [0.25, 0.3) is 0 Å². The van der Waals surface area contributed by atoms with Crippen molar-refractivity contribution < 1.29 is 19.4 Å². The van der Waals surface area contributed by atoms with Gasteiger partial charge in [-0.3, -0.25) is 9.59 Å². The monoisotopic (exact) mass is 500 g/mol. The van der Waals surface area contributed by atoms with Crippen LogP contribution in [-0.2, 0) is 21.0 Å². The summed E-state index contributed by atoms with van der Waals surface area (Å²) in [6.45, 7) is 8.52. The average Bonchev–Trinajstić information content (AvgIpc) is 2.94. The molecule has 0 N–H and O–H groups in total. The predicted molar refractivity (Wildman–Crippen MR) is 143 cm³/mol. The summed E-state index contributed by atoms with van der Waals surface area (Å²) in [5.41, 5.74) is 6.40. The highest BCUT2D eigenvalue weighted by Crippen LogP contribution is 2.70. The highest BCUT2D eigenvalue weighted by atomic mass is 17.2. The summed E-state index contributed by atoms with van der Waals surface area (Å²) in [7, 11) is 0. The Morgan fingerprint density at radius 3 is 2.03 bits per heavy atom. The van der Waals surface area contributed by atoms with Crippen LogP contribution in [0.25, 0.3) is 0 Å². The second-order valence-electron chi connectivity index (χ2n) is 12.0. The highest BCUT2D eigenvalue weighted by molar-refractivity contribution is 6.15. The van der Waals surface area contributed by atoms with E-state index in [1.165, 1.54) is 0 Å². The lowest BCUT2D eigenvalue weighted by Gasteiger charge is -2.63. The smallest absolute Gasteiger partial charge is 0.193 e. The van der Waals surface area contributed by atoms with Gasteiger partial charge in [-0.05, 0) is 40.7 Å². The molecule has 3 aromatic rings. The molecule has 9 rings (SSSR count). The number of carbonyl (C=O) groups is 2. The third kappa shape index (κ3) is 2.32. The molecule has 4 unspecified atom stereocenters. The summed E-state index contributed by atoms with van der Waals surface area (Å²) in [4.78, 5) is 41.4. The molecule has 2 heterocycles. The SMILES string of the molecule is CC(C)c1ccc2c(c1)C(=O)c1cccc3c1C21OOC32c3ccc(C(C)C)cc3C(=O)C3=CC=CC1C32. The second-order valence-corrected chi connectivity index (χ2v) is 12.0. The van der Waals surface area contributed by atoms with Crippen molar-refractivity contribution in [2.45, 2.75) is 50.7 Å². The van der Waals surface area contributed by atoms with Crippen LogP contribution in [-0.4, -0.2) is 11.6 Å². The van der Waals surface area contributed by atoms with E-state index in [4.69, 9.17) is 9.78 Å². The van der Waals surface area contributed by atoms with Crippen molar-refractivity contribution in [1.82, 2.24) is 0 Å². The van der Waals surface area contributed by atoms with Gasteiger partial charge in [-0.15, -0.1) is 0 Å². The van der Waals surface area contributed by atoms with Gasteiger partial charge in [0, 0.05) is 50.8 Å². The third-order valence-corrected chi connectivity index (χ3v) is 9.55. The fourth-order valence-corrected chi connectivity index (χ4v) is 7.74. The van der Waals surface area contributed by atoms with Crippen LogP contribution in [0.5, 0.6) is 0 Å². The molecule has 38 heavy (non-hydrogen) atoms. The van der Waals surface area contributed by atoms with Crippen molar-refractivity contribution in [1.29, 1.82) is 0 Å². The number of Topliss-reactive ketones (excluding diaryl/α,β-unsaturated/α-hetero) is 1. The molecule has 188 valence electrons. The Hall–Kier alpha value is -3.60. The van der Waals surface area contributed by atoms with Crippen LogP contribution in [0.4, 0.5) is 0 Å². The van der Waals surface area contributed by atoms with Gasteiger partial charge in [-0.2, -0.15) is 0 Å². The Morgan fingerprint density at radius 2 is 1.34 bits per heavy atom. The van der Waals surface area contributed by atoms with Crippen molar-refractivity contribution in [3.05, 3.63) is 128 Å². The van der Waals surface area contributed by atoms with E-state index in [2.05, 4.69) is 52.0 Å². The maximum absolute atomic E-state index is 14.1. The summed E-state index contributed by atoms with van der Waals surface area (Å²) >= 11 is 0. The fraction of sp³-hybridized carbons (Fsp3) is 0.294. The van der Waals surface area contributed by atoms with Gasteiger partial charge in [-0.25, -0.2) is 9.78 Å². The standard InChI is InChI=1S/C34H28O4/c1-17(2)19-11-13-25-23(15-19)31(35)21-7-5-10-28-29(21)33(25)27-9-6-8-22-30(27)34(28,38-37-33)26-14-12-20(18(3)4)16-24(26)32(22)36/h5-18,27,30H,1-4H3. The van der Waals surface area contributed by atoms with E-state index in [0.29, 0.717) is 16.7 Å². The molecule has 0 amide bonds. The highest BCUT2D eigenvalue weighted by Gasteiger charge is 2.72. The number of benzene rings is 3. The van der Waals surface area contributed by atoms with E-state index in [1.54, 1.807) is 0 Å². The third-order valence-electron chi connectivity index (χ3n) is 9.55. The molecule has 4 atom stereocenters. The first-order valence-corrected chi connectivity index (χ1v) is 13.6. The van der Waals surface area contributed by atoms with Crippen LogP contribution in [0, 0.1) is 11.8 Å².